The molecule has 0 aliphatic rings. The van der Waals surface area contributed by atoms with E-state index >= 15 is 0 Å². The molecule has 1 N–H and O–H groups in total. The van der Waals surface area contributed by atoms with Crippen LogP contribution in [0.2, 0.25) is 0 Å². The summed E-state index contributed by atoms with van der Waals surface area (Å²) < 4.78 is 4.89. The van der Waals surface area contributed by atoms with Crippen LogP contribution in [-0.4, -0.2) is 49.0 Å². The van der Waals surface area contributed by atoms with Crippen LogP contribution < -0.4 is 5.32 Å². The molecule has 126 valence electrons. The Labute approximate surface area is 141 Å². The maximum absolute atomic E-state index is 12.5. The van der Waals surface area contributed by atoms with E-state index in [9.17, 15) is 9.59 Å². The van der Waals surface area contributed by atoms with Crippen molar-refractivity contribution < 1.29 is 14.3 Å². The summed E-state index contributed by atoms with van der Waals surface area (Å²) >= 11 is 0. The molecule has 24 heavy (non-hydrogen) atoms. The number of methoxy groups -OCH3 is 1. The summed E-state index contributed by atoms with van der Waals surface area (Å²) in [5.74, 6) is -0.460. The van der Waals surface area contributed by atoms with Gasteiger partial charge in [-0.1, -0.05) is 30.3 Å². The van der Waals surface area contributed by atoms with E-state index < -0.39 is 0 Å². The third-order valence-corrected chi connectivity index (χ3v) is 3.45. The van der Waals surface area contributed by atoms with Crippen molar-refractivity contribution in [1.29, 1.82) is 0 Å². The van der Waals surface area contributed by atoms with Crippen LogP contribution >= 0.6 is 0 Å². The van der Waals surface area contributed by atoms with Crippen molar-refractivity contribution in [2.24, 2.45) is 0 Å². The minimum Gasteiger partial charge on any atom is -0.383 e. The Bertz CT molecular complexity index is 689. The first-order valence-corrected chi connectivity index (χ1v) is 7.63. The number of rotatable bonds is 7. The van der Waals surface area contributed by atoms with Crippen LogP contribution in [0, 0.1) is 0 Å². The molecule has 1 aromatic heterocycles. The number of nitrogens with zero attached hydrogens (tertiary/aromatic N) is 2. The van der Waals surface area contributed by atoms with E-state index in [1.54, 1.807) is 25.1 Å². The standard InChI is InChI=1S/C18H21N3O3/c1-21(13-14-6-4-3-5-7-14)18(23)16-10-15(11-19-12-16)17(22)20-8-9-24-2/h3-7,10-12H,8-9,13H2,1-2H3,(H,20,22). The molecule has 0 saturated heterocycles. The van der Waals surface area contributed by atoms with Gasteiger partial charge in [0.05, 0.1) is 17.7 Å². The van der Waals surface area contributed by atoms with Gasteiger partial charge in [0.25, 0.3) is 11.8 Å². The second kappa shape index (κ2) is 8.79. The van der Waals surface area contributed by atoms with Gasteiger partial charge in [-0.25, -0.2) is 0 Å². The van der Waals surface area contributed by atoms with Gasteiger partial charge in [0.15, 0.2) is 0 Å². The summed E-state index contributed by atoms with van der Waals surface area (Å²) in [6.45, 7) is 1.32. The quantitative estimate of drug-likeness (QED) is 0.786. The fourth-order valence-corrected chi connectivity index (χ4v) is 2.20. The van der Waals surface area contributed by atoms with Crippen LogP contribution in [0.15, 0.2) is 48.8 Å². The lowest BCUT2D eigenvalue weighted by Gasteiger charge is -2.17. The van der Waals surface area contributed by atoms with E-state index in [0.29, 0.717) is 30.8 Å². The summed E-state index contributed by atoms with van der Waals surface area (Å²) in [6, 6.07) is 11.3. The van der Waals surface area contributed by atoms with E-state index in [2.05, 4.69) is 10.3 Å². The lowest BCUT2D eigenvalue weighted by Crippen LogP contribution is -2.29. The highest BCUT2D eigenvalue weighted by atomic mass is 16.5. The Hall–Kier alpha value is -2.73. The first-order chi connectivity index (χ1) is 11.6. The van der Waals surface area contributed by atoms with E-state index in [0.717, 1.165) is 5.56 Å². The second-order valence-corrected chi connectivity index (χ2v) is 5.36. The molecule has 0 spiro atoms. The molecule has 2 rings (SSSR count). The molecule has 6 heteroatoms. The molecule has 0 aliphatic carbocycles. The zero-order valence-corrected chi connectivity index (χ0v) is 13.9. The number of hydrogen-bond acceptors (Lipinski definition) is 4. The van der Waals surface area contributed by atoms with Gasteiger partial charge in [-0.15, -0.1) is 0 Å². The topological polar surface area (TPSA) is 71.5 Å². The normalized spacial score (nSPS) is 10.2. The minimum atomic E-state index is -0.278. The van der Waals surface area contributed by atoms with E-state index in [-0.39, 0.29) is 11.8 Å². The number of aromatic nitrogens is 1. The molecule has 0 unspecified atom stereocenters. The largest absolute Gasteiger partial charge is 0.383 e. The lowest BCUT2D eigenvalue weighted by molar-refractivity contribution is 0.0784. The Balaban J connectivity index is 2.04. The molecule has 0 bridgehead atoms. The molecule has 1 heterocycles. The van der Waals surface area contributed by atoms with Crippen LogP contribution in [0.1, 0.15) is 26.3 Å². The van der Waals surface area contributed by atoms with E-state index in [4.69, 9.17) is 4.74 Å². The number of carbonyl (C=O) groups is 2. The molecular formula is C18H21N3O3. The van der Waals surface area contributed by atoms with Gasteiger partial charge < -0.3 is 15.0 Å². The molecule has 0 saturated carbocycles. The average Bonchev–Trinajstić information content (AvgIpc) is 2.62. The highest BCUT2D eigenvalue weighted by Gasteiger charge is 2.15. The van der Waals surface area contributed by atoms with E-state index in [1.165, 1.54) is 12.4 Å². The van der Waals surface area contributed by atoms with Crippen LogP contribution in [0.5, 0.6) is 0 Å². The van der Waals surface area contributed by atoms with Crippen molar-refractivity contribution in [3.8, 4) is 0 Å². The highest BCUT2D eigenvalue weighted by molar-refractivity contribution is 5.99. The fourth-order valence-electron chi connectivity index (χ4n) is 2.20. The Morgan fingerprint density at radius 3 is 2.58 bits per heavy atom. The maximum Gasteiger partial charge on any atom is 0.255 e. The molecular weight excluding hydrogens is 306 g/mol. The number of nitrogens with one attached hydrogen (secondary N) is 1. The van der Waals surface area contributed by atoms with Gasteiger partial charge in [-0.2, -0.15) is 0 Å². The van der Waals surface area contributed by atoms with Crippen LogP contribution in [0.4, 0.5) is 0 Å². The van der Waals surface area contributed by atoms with E-state index in [1.807, 2.05) is 30.3 Å². The molecule has 0 fully saturated rings. The molecule has 2 aromatic rings. The summed E-state index contributed by atoms with van der Waals surface area (Å²) in [6.07, 6.45) is 2.91. The highest BCUT2D eigenvalue weighted by Crippen LogP contribution is 2.09. The minimum absolute atomic E-state index is 0.183. The Morgan fingerprint density at radius 2 is 1.88 bits per heavy atom. The monoisotopic (exact) mass is 327 g/mol. The zero-order valence-electron chi connectivity index (χ0n) is 13.9. The number of amides is 2. The van der Waals surface area contributed by atoms with Gasteiger partial charge in [0.2, 0.25) is 0 Å². The van der Waals surface area contributed by atoms with Crippen molar-refractivity contribution in [3.63, 3.8) is 0 Å². The number of ether oxygens (including phenoxy) is 1. The van der Waals surface area contributed by atoms with Crippen LogP contribution in [0.25, 0.3) is 0 Å². The van der Waals surface area contributed by atoms with Crippen molar-refractivity contribution in [2.45, 2.75) is 6.54 Å². The summed E-state index contributed by atoms with van der Waals surface area (Å²) in [5.41, 5.74) is 1.77. The Morgan fingerprint density at radius 1 is 1.17 bits per heavy atom. The predicted octanol–water partition coefficient (Wildman–Crippen LogP) is 1.73. The second-order valence-electron chi connectivity index (χ2n) is 5.36. The number of hydrogen-bond donors (Lipinski definition) is 1. The van der Waals surface area contributed by atoms with Crippen LogP contribution in [0.3, 0.4) is 0 Å². The number of benzene rings is 1. The summed E-state index contributed by atoms with van der Waals surface area (Å²) in [7, 11) is 3.29. The zero-order chi connectivity index (χ0) is 17.4. The number of pyridine rings is 1. The molecule has 0 atom stereocenters. The van der Waals surface area contributed by atoms with Crippen molar-refractivity contribution in [2.75, 3.05) is 27.3 Å². The van der Waals surface area contributed by atoms with Crippen molar-refractivity contribution in [3.05, 3.63) is 65.5 Å². The summed E-state index contributed by atoms with van der Waals surface area (Å²) in [5, 5.41) is 2.71. The fraction of sp³-hybridized carbons (Fsp3) is 0.278. The molecule has 0 radical (unpaired) electrons. The van der Waals surface area contributed by atoms with Gasteiger partial charge in [-0.3, -0.25) is 14.6 Å². The van der Waals surface area contributed by atoms with Crippen molar-refractivity contribution in [1.82, 2.24) is 15.2 Å². The first-order valence-electron chi connectivity index (χ1n) is 7.63. The first kappa shape index (κ1) is 17.6. The van der Waals surface area contributed by atoms with Gasteiger partial charge >= 0.3 is 0 Å². The Kier molecular flexibility index (Phi) is 6.45. The van der Waals surface area contributed by atoms with Crippen molar-refractivity contribution >= 4 is 11.8 Å². The number of carbonyl (C=O) groups excluding carboxylic acids is 2. The van der Waals surface area contributed by atoms with Gasteiger partial charge in [-0.05, 0) is 11.6 Å². The predicted molar refractivity (Wildman–Crippen MR) is 90.7 cm³/mol. The SMILES string of the molecule is COCCNC(=O)c1cncc(C(=O)N(C)Cc2ccccc2)c1. The van der Waals surface area contributed by atoms with Crippen LogP contribution in [-0.2, 0) is 11.3 Å². The summed E-state index contributed by atoms with van der Waals surface area (Å²) in [4.78, 5) is 30.1. The van der Waals surface area contributed by atoms with Gasteiger partial charge in [0.1, 0.15) is 0 Å². The third-order valence-electron chi connectivity index (χ3n) is 3.45. The molecule has 6 nitrogen and oxygen atoms in total. The smallest absolute Gasteiger partial charge is 0.255 e. The maximum atomic E-state index is 12.5. The third kappa shape index (κ3) is 4.89. The lowest BCUT2D eigenvalue weighted by atomic mass is 10.1. The molecule has 0 aliphatic heterocycles. The average molecular weight is 327 g/mol. The molecule has 2 amide bonds. The molecule has 1 aromatic carbocycles. The van der Waals surface area contributed by atoms with Gasteiger partial charge in [0, 0.05) is 39.6 Å².